The van der Waals surface area contributed by atoms with Gasteiger partial charge in [-0.3, -0.25) is 4.90 Å². The van der Waals surface area contributed by atoms with Crippen LogP contribution in [0.3, 0.4) is 0 Å². The van der Waals surface area contributed by atoms with Gasteiger partial charge in [0.25, 0.3) is 0 Å². The predicted octanol–water partition coefficient (Wildman–Crippen LogP) is 1.48. The van der Waals surface area contributed by atoms with E-state index in [0.29, 0.717) is 0 Å². The van der Waals surface area contributed by atoms with Gasteiger partial charge in [-0.25, -0.2) is 0 Å². The molecule has 3 nitrogen and oxygen atoms in total. The molecule has 13 heavy (non-hydrogen) atoms. The van der Waals surface area contributed by atoms with Crippen LogP contribution in [0.2, 0.25) is 0 Å². The van der Waals surface area contributed by atoms with Gasteiger partial charge in [0.05, 0.1) is 18.8 Å². The van der Waals surface area contributed by atoms with Crippen molar-refractivity contribution in [3.05, 3.63) is 0 Å². The van der Waals surface area contributed by atoms with Crippen LogP contribution in [0.4, 0.5) is 0 Å². The maximum absolute atomic E-state index is 5.69. The molecule has 0 aliphatic carbocycles. The van der Waals surface area contributed by atoms with Crippen LogP contribution in [-0.4, -0.2) is 43.5 Å². The van der Waals surface area contributed by atoms with E-state index in [9.17, 15) is 0 Å². The van der Waals surface area contributed by atoms with Gasteiger partial charge in [0, 0.05) is 6.54 Å². The van der Waals surface area contributed by atoms with Crippen molar-refractivity contribution < 1.29 is 9.47 Å². The molecule has 0 radical (unpaired) electrons. The fourth-order valence-corrected chi connectivity index (χ4v) is 1.76. The third-order valence-corrected chi connectivity index (χ3v) is 2.27. The van der Waals surface area contributed by atoms with Gasteiger partial charge in [-0.05, 0) is 34.2 Å². The van der Waals surface area contributed by atoms with Crippen molar-refractivity contribution in [2.45, 2.75) is 45.6 Å². The van der Waals surface area contributed by atoms with Gasteiger partial charge in [0.15, 0.2) is 0 Å². The Morgan fingerprint density at radius 3 is 2.62 bits per heavy atom. The van der Waals surface area contributed by atoms with E-state index in [-0.39, 0.29) is 18.4 Å². The highest BCUT2D eigenvalue weighted by molar-refractivity contribution is 4.70. The van der Waals surface area contributed by atoms with Crippen LogP contribution < -0.4 is 0 Å². The number of ether oxygens (including phenoxy) is 2. The van der Waals surface area contributed by atoms with Gasteiger partial charge < -0.3 is 9.47 Å². The molecule has 0 aromatic rings. The molecule has 0 aromatic carbocycles. The number of likely N-dealkylation sites (N-methyl/N-ethyl adjacent to an activating group) is 1. The third-order valence-electron chi connectivity index (χ3n) is 2.27. The molecule has 0 N–H and O–H groups in total. The van der Waals surface area contributed by atoms with E-state index in [1.54, 1.807) is 0 Å². The lowest BCUT2D eigenvalue weighted by Crippen LogP contribution is -2.47. The lowest BCUT2D eigenvalue weighted by atomic mass is 10.2. The van der Waals surface area contributed by atoms with Gasteiger partial charge in [-0.15, -0.1) is 0 Å². The molecule has 0 saturated carbocycles. The molecule has 1 fully saturated rings. The Bertz CT molecular complexity index is 150. The molecule has 2 atom stereocenters. The van der Waals surface area contributed by atoms with Crippen molar-refractivity contribution in [3.8, 4) is 0 Å². The topological polar surface area (TPSA) is 21.7 Å². The molecule has 1 aliphatic rings. The van der Waals surface area contributed by atoms with Crippen LogP contribution in [0, 0.1) is 0 Å². The Morgan fingerprint density at radius 2 is 2.08 bits per heavy atom. The first-order valence-electron chi connectivity index (χ1n) is 5.08. The van der Waals surface area contributed by atoms with Crippen molar-refractivity contribution in [2.75, 3.05) is 20.2 Å². The first kappa shape index (κ1) is 11.0. The second kappa shape index (κ2) is 4.94. The van der Waals surface area contributed by atoms with Gasteiger partial charge in [-0.1, -0.05) is 0 Å². The molecule has 0 aromatic heterocycles. The summed E-state index contributed by atoms with van der Waals surface area (Å²) in [6, 6.07) is 0. The zero-order valence-electron chi connectivity index (χ0n) is 9.12. The summed E-state index contributed by atoms with van der Waals surface area (Å²) >= 11 is 0. The molecule has 0 bridgehead atoms. The summed E-state index contributed by atoms with van der Waals surface area (Å²) in [5, 5.41) is 0. The standard InChI is InChI=1S/C10H21NO2/c1-8(2)13-9(3)10-11(4)6-5-7-12-10/h8-10H,5-7H2,1-4H3. The molecule has 0 amide bonds. The Balaban J connectivity index is 2.39. The SMILES string of the molecule is CC(C)OC(C)C1OCCCN1C. The van der Waals surface area contributed by atoms with Gasteiger partial charge in [0.2, 0.25) is 0 Å². The summed E-state index contributed by atoms with van der Waals surface area (Å²) in [6.45, 7) is 8.16. The van der Waals surface area contributed by atoms with E-state index in [1.165, 1.54) is 0 Å². The minimum absolute atomic E-state index is 0.135. The van der Waals surface area contributed by atoms with Crippen LogP contribution >= 0.6 is 0 Å². The van der Waals surface area contributed by atoms with Crippen molar-refractivity contribution in [2.24, 2.45) is 0 Å². The molecule has 1 aliphatic heterocycles. The number of hydrogen-bond acceptors (Lipinski definition) is 3. The number of rotatable bonds is 3. The van der Waals surface area contributed by atoms with Gasteiger partial charge in [0.1, 0.15) is 6.23 Å². The van der Waals surface area contributed by atoms with Crippen LogP contribution in [0.5, 0.6) is 0 Å². The van der Waals surface area contributed by atoms with E-state index < -0.39 is 0 Å². The Labute approximate surface area is 81.0 Å². The second-order valence-corrected chi connectivity index (χ2v) is 3.99. The minimum Gasteiger partial charge on any atom is -0.372 e. The molecule has 3 heteroatoms. The quantitative estimate of drug-likeness (QED) is 0.668. The first-order valence-corrected chi connectivity index (χ1v) is 5.08. The first-order chi connectivity index (χ1) is 6.11. The predicted molar refractivity (Wildman–Crippen MR) is 52.7 cm³/mol. The minimum atomic E-state index is 0.135. The lowest BCUT2D eigenvalue weighted by Gasteiger charge is -2.36. The Hall–Kier alpha value is -0.120. The average molecular weight is 187 g/mol. The monoisotopic (exact) mass is 187 g/mol. The summed E-state index contributed by atoms with van der Waals surface area (Å²) in [6.07, 6.45) is 1.69. The molecular formula is C10H21NO2. The highest BCUT2D eigenvalue weighted by atomic mass is 16.6. The zero-order chi connectivity index (χ0) is 9.84. The maximum Gasteiger partial charge on any atom is 0.136 e. The average Bonchev–Trinajstić information content (AvgIpc) is 2.03. The normalized spacial score (nSPS) is 27.9. The lowest BCUT2D eigenvalue weighted by molar-refractivity contribution is -0.164. The molecule has 78 valence electrons. The molecular weight excluding hydrogens is 166 g/mol. The van der Waals surface area contributed by atoms with Crippen LogP contribution in [0.1, 0.15) is 27.2 Å². The molecule has 1 rings (SSSR count). The Morgan fingerprint density at radius 1 is 1.38 bits per heavy atom. The molecule has 0 spiro atoms. The van der Waals surface area contributed by atoms with Crippen LogP contribution in [0.25, 0.3) is 0 Å². The van der Waals surface area contributed by atoms with Crippen molar-refractivity contribution in [1.29, 1.82) is 0 Å². The van der Waals surface area contributed by atoms with Crippen molar-refractivity contribution in [1.82, 2.24) is 4.90 Å². The van der Waals surface area contributed by atoms with E-state index in [2.05, 4.69) is 32.7 Å². The third kappa shape index (κ3) is 3.25. The van der Waals surface area contributed by atoms with E-state index in [0.717, 1.165) is 19.6 Å². The molecule has 2 unspecified atom stereocenters. The maximum atomic E-state index is 5.69. The highest BCUT2D eigenvalue weighted by Crippen LogP contribution is 2.14. The fraction of sp³-hybridized carbons (Fsp3) is 1.00. The number of hydrogen-bond donors (Lipinski definition) is 0. The van der Waals surface area contributed by atoms with E-state index in [4.69, 9.17) is 9.47 Å². The second-order valence-electron chi connectivity index (χ2n) is 3.99. The number of nitrogens with zero attached hydrogens (tertiary/aromatic N) is 1. The van der Waals surface area contributed by atoms with Crippen LogP contribution in [-0.2, 0) is 9.47 Å². The van der Waals surface area contributed by atoms with E-state index >= 15 is 0 Å². The zero-order valence-corrected chi connectivity index (χ0v) is 9.12. The van der Waals surface area contributed by atoms with Crippen molar-refractivity contribution >= 4 is 0 Å². The highest BCUT2D eigenvalue weighted by Gasteiger charge is 2.26. The van der Waals surface area contributed by atoms with E-state index in [1.807, 2.05) is 0 Å². The summed E-state index contributed by atoms with van der Waals surface area (Å²) in [5.74, 6) is 0. The van der Waals surface area contributed by atoms with Crippen molar-refractivity contribution in [3.63, 3.8) is 0 Å². The fourth-order valence-electron chi connectivity index (χ4n) is 1.76. The summed E-state index contributed by atoms with van der Waals surface area (Å²) in [7, 11) is 2.09. The molecule has 1 heterocycles. The summed E-state index contributed by atoms with van der Waals surface area (Å²) < 4.78 is 11.3. The summed E-state index contributed by atoms with van der Waals surface area (Å²) in [5.41, 5.74) is 0. The molecule has 1 saturated heterocycles. The summed E-state index contributed by atoms with van der Waals surface area (Å²) in [4.78, 5) is 2.22. The smallest absolute Gasteiger partial charge is 0.136 e. The Kier molecular flexibility index (Phi) is 4.16. The van der Waals surface area contributed by atoms with Crippen LogP contribution in [0.15, 0.2) is 0 Å². The van der Waals surface area contributed by atoms with Gasteiger partial charge >= 0.3 is 0 Å². The largest absolute Gasteiger partial charge is 0.372 e. The van der Waals surface area contributed by atoms with Gasteiger partial charge in [-0.2, -0.15) is 0 Å².